The molecule has 0 radical (unpaired) electrons. The molecule has 0 aliphatic carbocycles. The van der Waals surface area contributed by atoms with Gasteiger partial charge in [-0.15, -0.1) is 11.8 Å². The fraction of sp³-hybridized carbons (Fsp3) is 0.375. The van der Waals surface area contributed by atoms with Crippen molar-refractivity contribution in [2.24, 2.45) is 0 Å². The van der Waals surface area contributed by atoms with Crippen molar-refractivity contribution < 1.29 is 9.13 Å². The molecule has 2 aliphatic rings. The molecule has 0 N–H and O–H groups in total. The monoisotopic (exact) mass is 343 g/mol. The lowest BCUT2D eigenvalue weighted by Gasteiger charge is -2.48. The number of nitrogens with zero attached hydrogens (tertiary/aromatic N) is 5. The molecule has 2 fully saturated rings. The van der Waals surface area contributed by atoms with Gasteiger partial charge in [0.2, 0.25) is 5.82 Å². The Morgan fingerprint density at radius 1 is 1.33 bits per heavy atom. The number of rotatable bonds is 3. The van der Waals surface area contributed by atoms with Gasteiger partial charge in [-0.1, -0.05) is 0 Å². The summed E-state index contributed by atoms with van der Waals surface area (Å²) in [6.45, 7) is 1.75. The van der Waals surface area contributed by atoms with Crippen LogP contribution in [0, 0.1) is 17.1 Å². The first kappa shape index (κ1) is 15.1. The largest absolute Gasteiger partial charge is 0.471 e. The van der Waals surface area contributed by atoms with Crippen molar-refractivity contribution in [3.8, 4) is 11.9 Å². The molecule has 2 aromatic rings. The van der Waals surface area contributed by atoms with Gasteiger partial charge < -0.3 is 9.64 Å². The zero-order valence-corrected chi connectivity index (χ0v) is 13.5. The highest BCUT2D eigenvalue weighted by Gasteiger charge is 2.50. The molecule has 24 heavy (non-hydrogen) atoms. The van der Waals surface area contributed by atoms with Crippen LogP contribution < -0.4 is 9.64 Å². The second-order valence-electron chi connectivity index (χ2n) is 5.96. The molecule has 0 amide bonds. The van der Waals surface area contributed by atoms with Gasteiger partial charge in [-0.25, -0.2) is 19.3 Å². The van der Waals surface area contributed by atoms with Crippen LogP contribution in [0.4, 0.5) is 10.1 Å². The third-order valence-electron chi connectivity index (χ3n) is 4.24. The van der Waals surface area contributed by atoms with E-state index in [0.29, 0.717) is 0 Å². The van der Waals surface area contributed by atoms with Crippen LogP contribution in [0.25, 0.3) is 0 Å². The Kier molecular flexibility index (Phi) is 3.73. The van der Waals surface area contributed by atoms with Gasteiger partial charge in [0, 0.05) is 31.5 Å². The highest BCUT2D eigenvalue weighted by atomic mass is 32.2. The van der Waals surface area contributed by atoms with E-state index in [1.165, 1.54) is 12.3 Å². The number of hydrogen-bond donors (Lipinski definition) is 0. The third-order valence-corrected chi connectivity index (χ3v) is 5.82. The van der Waals surface area contributed by atoms with Crippen molar-refractivity contribution in [1.29, 1.82) is 5.26 Å². The lowest BCUT2D eigenvalue weighted by atomic mass is 9.92. The number of nitriles is 1. The smallest absolute Gasteiger partial charge is 0.250 e. The Morgan fingerprint density at radius 2 is 2.12 bits per heavy atom. The van der Waals surface area contributed by atoms with Crippen LogP contribution in [0.15, 0.2) is 30.7 Å². The van der Waals surface area contributed by atoms with Crippen molar-refractivity contribution in [2.75, 3.05) is 23.7 Å². The van der Waals surface area contributed by atoms with Gasteiger partial charge in [-0.3, -0.25) is 0 Å². The number of aromatic nitrogens is 3. The molecule has 2 aliphatic heterocycles. The Bertz CT molecular complexity index is 788. The second-order valence-corrected chi connectivity index (χ2v) is 7.45. The highest BCUT2D eigenvalue weighted by molar-refractivity contribution is 8.01. The van der Waals surface area contributed by atoms with Crippen LogP contribution in [-0.2, 0) is 0 Å². The average molecular weight is 343 g/mol. The molecule has 0 aromatic carbocycles. The molecule has 2 aromatic heterocycles. The number of pyridine rings is 1. The summed E-state index contributed by atoms with van der Waals surface area (Å²) in [6.07, 6.45) is 5.72. The Morgan fingerprint density at radius 3 is 2.83 bits per heavy atom. The molecule has 122 valence electrons. The zero-order chi connectivity index (χ0) is 16.6. The summed E-state index contributed by atoms with van der Waals surface area (Å²) in [5.41, 5.74) is 0.917. The topological polar surface area (TPSA) is 74.9 Å². The minimum atomic E-state index is -0.423. The van der Waals surface area contributed by atoms with Crippen LogP contribution in [0.5, 0.6) is 5.88 Å². The van der Waals surface area contributed by atoms with E-state index >= 15 is 0 Å². The third kappa shape index (κ3) is 2.76. The predicted molar refractivity (Wildman–Crippen MR) is 87.4 cm³/mol. The fourth-order valence-corrected chi connectivity index (χ4v) is 4.61. The highest BCUT2D eigenvalue weighted by Crippen LogP contribution is 2.47. The Labute approximate surface area is 142 Å². The minimum absolute atomic E-state index is 0.0289. The number of halogens is 1. The molecule has 0 bridgehead atoms. The first-order valence-corrected chi connectivity index (χ1v) is 8.54. The second kappa shape index (κ2) is 5.91. The van der Waals surface area contributed by atoms with E-state index in [4.69, 9.17) is 10.00 Å². The number of thioether (sulfide) groups is 1. The van der Waals surface area contributed by atoms with Gasteiger partial charge in [-0.2, -0.15) is 5.26 Å². The van der Waals surface area contributed by atoms with E-state index in [0.717, 1.165) is 31.0 Å². The first-order chi connectivity index (χ1) is 11.7. The maximum Gasteiger partial charge on any atom is 0.250 e. The summed E-state index contributed by atoms with van der Waals surface area (Å²) < 4.78 is 19.5. The maximum atomic E-state index is 13.6. The summed E-state index contributed by atoms with van der Waals surface area (Å²) in [5, 5.41) is 8.74. The zero-order valence-electron chi connectivity index (χ0n) is 12.7. The fourth-order valence-electron chi connectivity index (χ4n) is 3.09. The Balaban J connectivity index is 1.36. The molecule has 4 heterocycles. The minimum Gasteiger partial charge on any atom is -0.471 e. The van der Waals surface area contributed by atoms with Gasteiger partial charge >= 0.3 is 0 Å². The molecule has 8 heteroatoms. The van der Waals surface area contributed by atoms with Crippen molar-refractivity contribution >= 4 is 17.4 Å². The van der Waals surface area contributed by atoms with E-state index in [-0.39, 0.29) is 22.6 Å². The number of hydrogen-bond acceptors (Lipinski definition) is 7. The molecule has 1 spiro atoms. The summed E-state index contributed by atoms with van der Waals surface area (Å²) >= 11 is 1.86. The summed E-state index contributed by atoms with van der Waals surface area (Å²) in [6, 6.07) is 4.82. The van der Waals surface area contributed by atoms with E-state index in [9.17, 15) is 4.39 Å². The van der Waals surface area contributed by atoms with Crippen molar-refractivity contribution in [2.45, 2.75) is 17.3 Å². The predicted octanol–water partition coefficient (Wildman–Crippen LogP) is 2.03. The van der Waals surface area contributed by atoms with E-state index in [1.54, 1.807) is 18.5 Å². The standard InChI is InChI=1S/C16H14FN5OS/c17-13-2-1-3-19-15(13)23-12-4-16(24-8-12)9-22(10-16)11-6-20-14(5-18)21-7-11/h1-3,6-7,12H,4,8-10H2/t12-/m1/s1. The quantitative estimate of drug-likeness (QED) is 0.844. The van der Waals surface area contributed by atoms with Gasteiger partial charge in [0.15, 0.2) is 5.82 Å². The van der Waals surface area contributed by atoms with Gasteiger partial charge in [-0.05, 0) is 12.1 Å². The Hall–Kier alpha value is -2.40. The van der Waals surface area contributed by atoms with E-state index in [2.05, 4.69) is 19.9 Å². The first-order valence-electron chi connectivity index (χ1n) is 7.56. The summed E-state index contributed by atoms with van der Waals surface area (Å²) in [4.78, 5) is 14.1. The maximum absolute atomic E-state index is 13.6. The van der Waals surface area contributed by atoms with E-state index < -0.39 is 5.82 Å². The normalized spacial score (nSPS) is 21.3. The summed E-state index contributed by atoms with van der Waals surface area (Å²) in [7, 11) is 0. The van der Waals surface area contributed by atoms with Crippen LogP contribution >= 0.6 is 11.8 Å². The SMILES string of the molecule is N#Cc1ncc(N2CC3(C[C@@H](Oc4ncccc4F)CS3)C2)cn1. The van der Waals surface area contributed by atoms with Crippen molar-refractivity contribution in [1.82, 2.24) is 15.0 Å². The van der Waals surface area contributed by atoms with Gasteiger partial charge in [0.25, 0.3) is 5.88 Å². The van der Waals surface area contributed by atoms with Crippen LogP contribution in [-0.4, -0.2) is 44.6 Å². The lowest BCUT2D eigenvalue weighted by molar-refractivity contribution is 0.186. The van der Waals surface area contributed by atoms with Gasteiger partial charge in [0.1, 0.15) is 12.2 Å². The molecule has 6 nitrogen and oxygen atoms in total. The van der Waals surface area contributed by atoms with Crippen LogP contribution in [0.2, 0.25) is 0 Å². The van der Waals surface area contributed by atoms with Crippen molar-refractivity contribution in [3.05, 3.63) is 42.4 Å². The van der Waals surface area contributed by atoms with Crippen LogP contribution in [0.1, 0.15) is 12.2 Å². The lowest BCUT2D eigenvalue weighted by Crippen LogP contribution is -2.59. The average Bonchev–Trinajstić information content (AvgIpc) is 3.00. The number of anilines is 1. The molecular weight excluding hydrogens is 329 g/mol. The molecule has 0 saturated carbocycles. The van der Waals surface area contributed by atoms with Crippen molar-refractivity contribution in [3.63, 3.8) is 0 Å². The van der Waals surface area contributed by atoms with Crippen LogP contribution in [0.3, 0.4) is 0 Å². The molecule has 1 atom stereocenters. The van der Waals surface area contributed by atoms with E-state index in [1.807, 2.05) is 17.8 Å². The summed E-state index contributed by atoms with van der Waals surface area (Å²) in [5.74, 6) is 0.661. The number of ether oxygens (including phenoxy) is 1. The molecular formula is C16H14FN5OS. The molecule has 2 saturated heterocycles. The molecule has 0 unspecified atom stereocenters. The van der Waals surface area contributed by atoms with Gasteiger partial charge in [0.05, 0.1) is 22.8 Å². The molecule has 4 rings (SSSR count).